The Bertz CT molecular complexity index is 399. The van der Waals surface area contributed by atoms with E-state index in [1.807, 2.05) is 6.07 Å². The summed E-state index contributed by atoms with van der Waals surface area (Å²) in [6.07, 6.45) is 5.55. The second-order valence-electron chi connectivity index (χ2n) is 5.62. The van der Waals surface area contributed by atoms with Gasteiger partial charge < -0.3 is 5.73 Å². The largest absolute Gasteiger partial charge is 0.327 e. The maximum Gasteiger partial charge on any atom is 0.126 e. The molecule has 100 valence electrons. The van der Waals surface area contributed by atoms with Crippen LogP contribution in [-0.2, 0) is 6.42 Å². The fourth-order valence-corrected chi connectivity index (χ4v) is 3.24. The first-order valence-electron chi connectivity index (χ1n) is 6.75. The second-order valence-corrected chi connectivity index (χ2v) is 6.54. The molecule has 0 saturated heterocycles. The third-order valence-electron chi connectivity index (χ3n) is 4.13. The van der Waals surface area contributed by atoms with Gasteiger partial charge in [-0.25, -0.2) is 4.39 Å². The zero-order valence-corrected chi connectivity index (χ0v) is 12.4. The number of hydrogen-bond acceptors (Lipinski definition) is 1. The highest BCUT2D eigenvalue weighted by atomic mass is 79.9. The molecule has 2 N–H and O–H groups in total. The van der Waals surface area contributed by atoms with Gasteiger partial charge in [0.2, 0.25) is 0 Å². The summed E-state index contributed by atoms with van der Waals surface area (Å²) < 4.78 is 14.6. The van der Waals surface area contributed by atoms with Crippen LogP contribution in [0.25, 0.3) is 0 Å². The molecule has 18 heavy (non-hydrogen) atoms. The van der Waals surface area contributed by atoms with Gasteiger partial charge >= 0.3 is 0 Å². The van der Waals surface area contributed by atoms with Crippen LogP contribution in [0.1, 0.15) is 38.2 Å². The number of benzene rings is 1. The molecule has 3 heteroatoms. The molecule has 1 nitrogen and oxygen atoms in total. The Hall–Kier alpha value is -0.410. The minimum atomic E-state index is -0.141. The molecule has 0 radical (unpaired) electrons. The fraction of sp³-hybridized carbons (Fsp3) is 0.600. The Morgan fingerprint density at radius 1 is 1.33 bits per heavy atom. The van der Waals surface area contributed by atoms with Gasteiger partial charge in [-0.3, -0.25) is 0 Å². The molecule has 0 spiro atoms. The minimum Gasteiger partial charge on any atom is -0.327 e. The first kappa shape index (κ1) is 14.0. The van der Waals surface area contributed by atoms with Crippen LogP contribution in [0.4, 0.5) is 4.39 Å². The van der Waals surface area contributed by atoms with E-state index in [2.05, 4.69) is 22.9 Å². The van der Waals surface area contributed by atoms with E-state index in [9.17, 15) is 4.39 Å². The van der Waals surface area contributed by atoms with Crippen molar-refractivity contribution in [3.8, 4) is 0 Å². The highest BCUT2D eigenvalue weighted by Gasteiger charge is 2.24. The van der Waals surface area contributed by atoms with E-state index in [0.29, 0.717) is 12.3 Å². The van der Waals surface area contributed by atoms with Crippen molar-refractivity contribution in [2.45, 2.75) is 45.1 Å². The van der Waals surface area contributed by atoms with E-state index in [4.69, 9.17) is 5.73 Å². The highest BCUT2D eigenvalue weighted by molar-refractivity contribution is 9.10. The maximum absolute atomic E-state index is 13.7. The predicted molar refractivity (Wildman–Crippen MR) is 76.9 cm³/mol. The van der Waals surface area contributed by atoms with Crippen LogP contribution < -0.4 is 5.73 Å². The minimum absolute atomic E-state index is 0.0845. The zero-order chi connectivity index (χ0) is 13.1. The Kier molecular flexibility index (Phi) is 4.79. The Morgan fingerprint density at radius 2 is 2.00 bits per heavy atom. The molecule has 1 aliphatic carbocycles. The van der Waals surface area contributed by atoms with Crippen LogP contribution in [0.3, 0.4) is 0 Å². The SMILES string of the molecule is CC1CCC(C(N)Cc2cc(Br)ccc2F)CC1. The van der Waals surface area contributed by atoms with Crippen LogP contribution in [-0.4, -0.2) is 6.04 Å². The molecule has 0 heterocycles. The Morgan fingerprint density at radius 3 is 2.67 bits per heavy atom. The summed E-state index contributed by atoms with van der Waals surface area (Å²) in [6.45, 7) is 2.30. The standard InChI is InChI=1S/C15H21BrFN/c1-10-2-4-11(5-3-10)15(18)9-12-8-13(16)6-7-14(12)17/h6-8,10-11,15H,2-5,9,18H2,1H3. The lowest BCUT2D eigenvalue weighted by atomic mass is 9.78. The third kappa shape index (κ3) is 3.55. The number of nitrogens with two attached hydrogens (primary N) is 1. The summed E-state index contributed by atoms with van der Waals surface area (Å²) in [7, 11) is 0. The van der Waals surface area contributed by atoms with Gasteiger partial charge in [0, 0.05) is 10.5 Å². The molecule has 1 saturated carbocycles. The van der Waals surface area contributed by atoms with Crippen molar-refractivity contribution >= 4 is 15.9 Å². The maximum atomic E-state index is 13.7. The molecule has 1 aromatic rings. The van der Waals surface area contributed by atoms with Crippen LogP contribution in [0.5, 0.6) is 0 Å². The smallest absolute Gasteiger partial charge is 0.126 e. The predicted octanol–water partition coefficient (Wildman–Crippen LogP) is 4.28. The van der Waals surface area contributed by atoms with Crippen molar-refractivity contribution in [2.24, 2.45) is 17.6 Å². The molecular formula is C15H21BrFN. The van der Waals surface area contributed by atoms with Crippen molar-refractivity contribution < 1.29 is 4.39 Å². The van der Waals surface area contributed by atoms with Crippen molar-refractivity contribution in [1.82, 2.24) is 0 Å². The normalized spacial score (nSPS) is 26.0. The monoisotopic (exact) mass is 313 g/mol. The summed E-state index contributed by atoms with van der Waals surface area (Å²) in [4.78, 5) is 0. The van der Waals surface area contributed by atoms with Gasteiger partial charge in [-0.15, -0.1) is 0 Å². The number of rotatable bonds is 3. The number of hydrogen-bond donors (Lipinski definition) is 1. The van der Waals surface area contributed by atoms with Gasteiger partial charge in [0.15, 0.2) is 0 Å². The summed E-state index contributed by atoms with van der Waals surface area (Å²) in [5.41, 5.74) is 6.99. The molecule has 0 amide bonds. The van der Waals surface area contributed by atoms with Crippen molar-refractivity contribution in [3.63, 3.8) is 0 Å². The van der Waals surface area contributed by atoms with E-state index in [1.165, 1.54) is 31.7 Å². The number of halogens is 2. The van der Waals surface area contributed by atoms with Gasteiger partial charge in [-0.05, 0) is 54.9 Å². The van der Waals surface area contributed by atoms with Crippen molar-refractivity contribution in [3.05, 3.63) is 34.1 Å². The molecule has 0 aliphatic heterocycles. The van der Waals surface area contributed by atoms with E-state index in [0.717, 1.165) is 16.0 Å². The van der Waals surface area contributed by atoms with Crippen LogP contribution >= 0.6 is 15.9 Å². The van der Waals surface area contributed by atoms with Crippen molar-refractivity contribution in [1.29, 1.82) is 0 Å². The molecule has 0 bridgehead atoms. The summed E-state index contributed by atoms with van der Waals surface area (Å²) in [5, 5.41) is 0. The fourth-order valence-electron chi connectivity index (χ4n) is 2.83. The lowest BCUT2D eigenvalue weighted by molar-refractivity contribution is 0.252. The highest BCUT2D eigenvalue weighted by Crippen LogP contribution is 2.31. The topological polar surface area (TPSA) is 26.0 Å². The van der Waals surface area contributed by atoms with Gasteiger partial charge in [0.1, 0.15) is 5.82 Å². The molecule has 1 unspecified atom stereocenters. The Labute approximate surface area is 117 Å². The average molecular weight is 314 g/mol. The van der Waals surface area contributed by atoms with E-state index in [-0.39, 0.29) is 11.9 Å². The van der Waals surface area contributed by atoms with E-state index < -0.39 is 0 Å². The van der Waals surface area contributed by atoms with E-state index >= 15 is 0 Å². The zero-order valence-electron chi connectivity index (χ0n) is 10.8. The Balaban J connectivity index is 1.98. The quantitative estimate of drug-likeness (QED) is 0.885. The van der Waals surface area contributed by atoms with E-state index in [1.54, 1.807) is 6.07 Å². The first-order chi connectivity index (χ1) is 8.56. The molecule has 1 atom stereocenters. The van der Waals surface area contributed by atoms with Gasteiger partial charge in [-0.2, -0.15) is 0 Å². The summed E-state index contributed by atoms with van der Waals surface area (Å²) >= 11 is 3.38. The molecular weight excluding hydrogens is 293 g/mol. The lowest BCUT2D eigenvalue weighted by Crippen LogP contribution is -2.34. The molecule has 1 aromatic carbocycles. The molecule has 2 rings (SSSR count). The van der Waals surface area contributed by atoms with Crippen LogP contribution in [0, 0.1) is 17.7 Å². The summed E-state index contributed by atoms with van der Waals surface area (Å²) in [5.74, 6) is 1.24. The van der Waals surface area contributed by atoms with Gasteiger partial charge in [-0.1, -0.05) is 35.7 Å². The van der Waals surface area contributed by atoms with Crippen LogP contribution in [0.2, 0.25) is 0 Å². The van der Waals surface area contributed by atoms with Crippen LogP contribution in [0.15, 0.2) is 22.7 Å². The molecule has 1 fully saturated rings. The third-order valence-corrected chi connectivity index (χ3v) is 4.62. The second kappa shape index (κ2) is 6.16. The average Bonchev–Trinajstić information content (AvgIpc) is 2.34. The molecule has 0 aromatic heterocycles. The van der Waals surface area contributed by atoms with Gasteiger partial charge in [0.05, 0.1) is 0 Å². The van der Waals surface area contributed by atoms with Gasteiger partial charge in [0.25, 0.3) is 0 Å². The van der Waals surface area contributed by atoms with Crippen molar-refractivity contribution in [2.75, 3.05) is 0 Å². The first-order valence-corrected chi connectivity index (χ1v) is 7.55. The summed E-state index contributed by atoms with van der Waals surface area (Å²) in [6, 6.07) is 5.17. The lowest BCUT2D eigenvalue weighted by Gasteiger charge is -2.30. The molecule has 1 aliphatic rings.